The van der Waals surface area contributed by atoms with E-state index in [2.05, 4.69) is 15.8 Å². The monoisotopic (exact) mass is 483 g/mol. The number of anilines is 1. The molecule has 0 saturated carbocycles. The molecule has 35 heavy (non-hydrogen) atoms. The van der Waals surface area contributed by atoms with Crippen LogP contribution in [0.15, 0.2) is 90.0 Å². The molecule has 2 N–H and O–H groups in total. The van der Waals surface area contributed by atoms with Crippen molar-refractivity contribution in [3.05, 3.63) is 102 Å². The molecule has 0 fully saturated rings. The number of rotatable bonds is 7. The largest absolute Gasteiger partial charge is 0.494 e. The average Bonchev–Trinajstić information content (AvgIpc) is 2.85. The van der Waals surface area contributed by atoms with Crippen molar-refractivity contribution in [3.63, 3.8) is 0 Å². The molecule has 0 aliphatic heterocycles. The predicted molar refractivity (Wildman–Crippen MR) is 145 cm³/mol. The van der Waals surface area contributed by atoms with Gasteiger partial charge in [0, 0.05) is 11.3 Å². The van der Waals surface area contributed by atoms with Crippen LogP contribution in [-0.4, -0.2) is 23.9 Å². The van der Waals surface area contributed by atoms with E-state index in [1.54, 1.807) is 36.5 Å². The Hall–Kier alpha value is -4.23. The van der Waals surface area contributed by atoms with Crippen LogP contribution in [0.4, 0.5) is 5.69 Å². The zero-order valence-corrected chi connectivity index (χ0v) is 20.3. The maximum atomic E-state index is 12.8. The molecule has 0 aromatic heterocycles. The number of hydrogen-bond acceptors (Lipinski definition) is 5. The molecule has 0 aliphatic carbocycles. The third-order valence-corrected chi connectivity index (χ3v) is 5.36. The van der Waals surface area contributed by atoms with Crippen LogP contribution in [0.3, 0.4) is 0 Å². The summed E-state index contributed by atoms with van der Waals surface area (Å²) in [6.07, 6.45) is 1.60. The highest BCUT2D eigenvalue weighted by molar-refractivity contribution is 7.80. The minimum Gasteiger partial charge on any atom is -0.494 e. The van der Waals surface area contributed by atoms with E-state index in [4.69, 9.17) is 21.7 Å². The standard InChI is InChI=1S/C28H25N3O3S/c1-3-33-23-14-11-21(12-15-23)27(32)34-26-16-13-20-8-4-5-10-24(20)25(26)18-29-31-28(35)30-22-9-6-7-19(2)17-22/h4-18H,3H2,1-2H3,(H2,30,31,35). The molecule has 4 aromatic carbocycles. The van der Waals surface area contributed by atoms with Crippen LogP contribution in [-0.2, 0) is 0 Å². The van der Waals surface area contributed by atoms with Gasteiger partial charge in [-0.05, 0) is 84.9 Å². The highest BCUT2D eigenvalue weighted by Crippen LogP contribution is 2.27. The summed E-state index contributed by atoms with van der Waals surface area (Å²) in [7, 11) is 0. The lowest BCUT2D eigenvalue weighted by Gasteiger charge is -2.11. The number of aryl methyl sites for hydroxylation is 1. The second-order valence-electron chi connectivity index (χ2n) is 7.74. The molecule has 0 radical (unpaired) electrons. The van der Waals surface area contributed by atoms with Gasteiger partial charge in [-0.25, -0.2) is 4.79 Å². The lowest BCUT2D eigenvalue weighted by Crippen LogP contribution is -2.23. The second kappa shape index (κ2) is 11.3. The number of fused-ring (bicyclic) bond motifs is 1. The van der Waals surface area contributed by atoms with Crippen molar-refractivity contribution < 1.29 is 14.3 Å². The van der Waals surface area contributed by atoms with Crippen molar-refractivity contribution in [2.24, 2.45) is 5.10 Å². The molecule has 0 spiro atoms. The lowest BCUT2D eigenvalue weighted by molar-refractivity contribution is 0.0734. The van der Waals surface area contributed by atoms with Crippen molar-refractivity contribution in [1.82, 2.24) is 5.43 Å². The maximum absolute atomic E-state index is 12.8. The summed E-state index contributed by atoms with van der Waals surface area (Å²) < 4.78 is 11.2. The first-order chi connectivity index (χ1) is 17.0. The van der Waals surface area contributed by atoms with Crippen LogP contribution in [0, 0.1) is 6.92 Å². The third-order valence-electron chi connectivity index (χ3n) is 5.17. The van der Waals surface area contributed by atoms with Crippen LogP contribution in [0.1, 0.15) is 28.4 Å². The molecule has 4 aromatic rings. The Labute approximate surface area is 209 Å². The van der Waals surface area contributed by atoms with Crippen molar-refractivity contribution in [2.75, 3.05) is 11.9 Å². The molecule has 0 saturated heterocycles. The SMILES string of the molecule is CCOc1ccc(C(=O)Oc2ccc3ccccc3c2C=NNC(=S)Nc2cccc(C)c2)cc1. The Morgan fingerprint density at radius 1 is 1.00 bits per heavy atom. The highest BCUT2D eigenvalue weighted by atomic mass is 32.1. The minimum absolute atomic E-state index is 0.347. The van der Waals surface area contributed by atoms with Crippen LogP contribution in [0.25, 0.3) is 10.8 Å². The minimum atomic E-state index is -0.470. The van der Waals surface area contributed by atoms with Gasteiger partial charge >= 0.3 is 5.97 Å². The van der Waals surface area contributed by atoms with Crippen LogP contribution >= 0.6 is 12.2 Å². The van der Waals surface area contributed by atoms with Crippen LogP contribution in [0.5, 0.6) is 11.5 Å². The number of nitrogens with one attached hydrogen (secondary N) is 2. The van der Waals surface area contributed by atoms with Gasteiger partial charge in [0.15, 0.2) is 5.11 Å². The number of carbonyl (C=O) groups is 1. The molecule has 0 bridgehead atoms. The summed E-state index contributed by atoms with van der Waals surface area (Å²) in [5.41, 5.74) is 5.90. The number of benzene rings is 4. The third kappa shape index (κ3) is 6.22. The molecular weight excluding hydrogens is 458 g/mol. The number of hydrazone groups is 1. The van der Waals surface area contributed by atoms with E-state index in [0.717, 1.165) is 22.0 Å². The van der Waals surface area contributed by atoms with Gasteiger partial charge in [-0.1, -0.05) is 42.5 Å². The summed E-state index contributed by atoms with van der Waals surface area (Å²) in [4.78, 5) is 12.8. The van der Waals surface area contributed by atoms with Crippen molar-refractivity contribution >= 4 is 46.0 Å². The molecule has 0 aliphatic rings. The first-order valence-electron chi connectivity index (χ1n) is 11.2. The predicted octanol–water partition coefficient (Wildman–Crippen LogP) is 6.09. The van der Waals surface area contributed by atoms with Crippen molar-refractivity contribution in [2.45, 2.75) is 13.8 Å². The number of hydrogen-bond donors (Lipinski definition) is 2. The molecule has 6 nitrogen and oxygen atoms in total. The van der Waals surface area contributed by atoms with Crippen LogP contribution < -0.4 is 20.2 Å². The Morgan fingerprint density at radius 2 is 1.80 bits per heavy atom. The second-order valence-corrected chi connectivity index (χ2v) is 8.15. The number of nitrogens with zero attached hydrogens (tertiary/aromatic N) is 1. The molecule has 7 heteroatoms. The number of ether oxygens (including phenoxy) is 2. The molecule has 0 atom stereocenters. The van der Waals surface area contributed by atoms with E-state index >= 15 is 0 Å². The average molecular weight is 484 g/mol. The molecule has 0 heterocycles. The fourth-order valence-corrected chi connectivity index (χ4v) is 3.72. The van der Waals surface area contributed by atoms with Gasteiger partial charge in [0.05, 0.1) is 18.4 Å². The van der Waals surface area contributed by atoms with Gasteiger partial charge in [0.1, 0.15) is 11.5 Å². The van der Waals surface area contributed by atoms with E-state index in [1.807, 2.05) is 68.4 Å². The van der Waals surface area contributed by atoms with Gasteiger partial charge in [0.2, 0.25) is 0 Å². The first kappa shape index (κ1) is 23.9. The number of esters is 1. The van der Waals surface area contributed by atoms with E-state index in [-0.39, 0.29) is 0 Å². The Balaban J connectivity index is 1.54. The molecule has 0 amide bonds. The Morgan fingerprint density at radius 3 is 2.57 bits per heavy atom. The van der Waals surface area contributed by atoms with Crippen molar-refractivity contribution in [3.8, 4) is 11.5 Å². The molecule has 4 rings (SSSR count). The quantitative estimate of drug-likeness (QED) is 0.109. The lowest BCUT2D eigenvalue weighted by atomic mass is 10.0. The first-order valence-corrected chi connectivity index (χ1v) is 11.6. The van der Waals surface area contributed by atoms with E-state index in [1.165, 1.54) is 0 Å². The van der Waals surface area contributed by atoms with Gasteiger partial charge in [-0.15, -0.1) is 0 Å². The van der Waals surface area contributed by atoms with Gasteiger partial charge in [0.25, 0.3) is 0 Å². The smallest absolute Gasteiger partial charge is 0.343 e. The normalized spacial score (nSPS) is 10.8. The van der Waals surface area contributed by atoms with E-state index < -0.39 is 5.97 Å². The summed E-state index contributed by atoms with van der Waals surface area (Å²) in [6.45, 7) is 4.48. The van der Waals surface area contributed by atoms with E-state index in [9.17, 15) is 4.79 Å². The molecular formula is C28H25N3O3S. The molecule has 0 unspecified atom stereocenters. The summed E-state index contributed by atoms with van der Waals surface area (Å²) in [6, 6.07) is 26.2. The molecule has 176 valence electrons. The highest BCUT2D eigenvalue weighted by Gasteiger charge is 2.14. The zero-order valence-electron chi connectivity index (χ0n) is 19.4. The van der Waals surface area contributed by atoms with Crippen LogP contribution in [0.2, 0.25) is 0 Å². The zero-order chi connectivity index (χ0) is 24.6. The topological polar surface area (TPSA) is 72.0 Å². The van der Waals surface area contributed by atoms with Gasteiger partial charge in [-0.3, -0.25) is 5.43 Å². The number of carbonyl (C=O) groups excluding carboxylic acids is 1. The van der Waals surface area contributed by atoms with Crippen molar-refractivity contribution in [1.29, 1.82) is 0 Å². The number of thiocarbonyl (C=S) groups is 1. The Kier molecular flexibility index (Phi) is 7.70. The van der Waals surface area contributed by atoms with Gasteiger partial charge < -0.3 is 14.8 Å². The fourth-order valence-electron chi connectivity index (χ4n) is 3.55. The fraction of sp³-hybridized carbons (Fsp3) is 0.107. The summed E-state index contributed by atoms with van der Waals surface area (Å²) in [5, 5.41) is 9.63. The summed E-state index contributed by atoms with van der Waals surface area (Å²) >= 11 is 5.35. The van der Waals surface area contributed by atoms with Gasteiger partial charge in [-0.2, -0.15) is 5.10 Å². The summed E-state index contributed by atoms with van der Waals surface area (Å²) in [5.74, 6) is 0.622. The maximum Gasteiger partial charge on any atom is 0.343 e. The van der Waals surface area contributed by atoms with E-state index in [0.29, 0.717) is 34.3 Å². The Bertz CT molecular complexity index is 1380.